The molecule has 0 bridgehead atoms. The van der Waals surface area contributed by atoms with Gasteiger partial charge in [0.15, 0.2) is 0 Å². The lowest BCUT2D eigenvalue weighted by atomic mass is 9.65. The van der Waals surface area contributed by atoms with E-state index in [1.54, 1.807) is 0 Å². The number of aliphatic carboxylic acids is 2. The van der Waals surface area contributed by atoms with Gasteiger partial charge in [-0.1, -0.05) is 37.3 Å². The lowest BCUT2D eigenvalue weighted by Gasteiger charge is -2.37. The van der Waals surface area contributed by atoms with Crippen LogP contribution in [0.5, 0.6) is 0 Å². The molecule has 2 rings (SSSR count). The molecule has 1 aromatic carbocycles. The first kappa shape index (κ1) is 13.6. The van der Waals surface area contributed by atoms with Crippen LogP contribution < -0.4 is 0 Å². The largest absolute Gasteiger partial charge is 0.481 e. The lowest BCUT2D eigenvalue weighted by Crippen LogP contribution is -2.40. The van der Waals surface area contributed by atoms with E-state index in [1.807, 2.05) is 37.3 Å². The third kappa shape index (κ3) is 2.62. The molecule has 4 atom stereocenters. The molecule has 1 aromatic rings. The van der Waals surface area contributed by atoms with Gasteiger partial charge < -0.3 is 10.2 Å². The molecule has 102 valence electrons. The Morgan fingerprint density at radius 3 is 2.21 bits per heavy atom. The van der Waals surface area contributed by atoms with Gasteiger partial charge in [-0.05, 0) is 30.2 Å². The van der Waals surface area contributed by atoms with Crippen molar-refractivity contribution >= 4 is 11.9 Å². The maximum atomic E-state index is 11.4. The van der Waals surface area contributed by atoms with Crippen molar-refractivity contribution in [3.63, 3.8) is 0 Å². The summed E-state index contributed by atoms with van der Waals surface area (Å²) in [5.74, 6) is -3.62. The number of carbonyl (C=O) groups is 2. The second-order valence-electron chi connectivity index (χ2n) is 5.26. The van der Waals surface area contributed by atoms with Crippen molar-refractivity contribution in [2.75, 3.05) is 0 Å². The Hall–Kier alpha value is -1.84. The molecular formula is C15H18O4. The number of hydrogen-bond donors (Lipinski definition) is 2. The van der Waals surface area contributed by atoms with Gasteiger partial charge in [0.25, 0.3) is 0 Å². The van der Waals surface area contributed by atoms with Crippen molar-refractivity contribution < 1.29 is 19.8 Å². The molecule has 0 amide bonds. The zero-order chi connectivity index (χ0) is 14.0. The van der Waals surface area contributed by atoms with Crippen LogP contribution in [0.1, 0.15) is 31.2 Å². The summed E-state index contributed by atoms with van der Waals surface area (Å²) in [7, 11) is 0. The van der Waals surface area contributed by atoms with Gasteiger partial charge >= 0.3 is 11.9 Å². The van der Waals surface area contributed by atoms with Gasteiger partial charge in [-0.15, -0.1) is 0 Å². The van der Waals surface area contributed by atoms with E-state index in [0.29, 0.717) is 6.42 Å². The molecule has 2 N–H and O–H groups in total. The number of hydrogen-bond acceptors (Lipinski definition) is 2. The van der Waals surface area contributed by atoms with Crippen molar-refractivity contribution in [3.8, 4) is 0 Å². The summed E-state index contributed by atoms with van der Waals surface area (Å²) in [5, 5.41) is 18.5. The summed E-state index contributed by atoms with van der Waals surface area (Å²) in [6.07, 6.45) is 1.15. The van der Waals surface area contributed by atoms with Crippen molar-refractivity contribution in [1.29, 1.82) is 0 Å². The molecule has 0 heterocycles. The Labute approximate surface area is 112 Å². The third-order valence-electron chi connectivity index (χ3n) is 4.25. The Kier molecular flexibility index (Phi) is 3.88. The quantitative estimate of drug-likeness (QED) is 0.878. The topological polar surface area (TPSA) is 74.6 Å². The van der Waals surface area contributed by atoms with E-state index in [2.05, 4.69) is 0 Å². The van der Waals surface area contributed by atoms with Gasteiger partial charge in [-0.25, -0.2) is 0 Å². The SMILES string of the molecule is C[C@H]1[C@H](C(=O)O)[C@@H](C(=O)O)CC[C@H]1c1ccccc1. The highest BCUT2D eigenvalue weighted by atomic mass is 16.4. The van der Waals surface area contributed by atoms with Gasteiger partial charge in [-0.3, -0.25) is 9.59 Å². The zero-order valence-electron chi connectivity index (χ0n) is 10.8. The number of carboxylic acid groups (broad SMARTS) is 2. The summed E-state index contributed by atoms with van der Waals surface area (Å²) in [6, 6.07) is 9.76. The van der Waals surface area contributed by atoms with E-state index in [4.69, 9.17) is 5.11 Å². The molecule has 4 nitrogen and oxygen atoms in total. The second kappa shape index (κ2) is 5.43. The van der Waals surface area contributed by atoms with E-state index in [-0.39, 0.29) is 11.8 Å². The van der Waals surface area contributed by atoms with Crippen molar-refractivity contribution in [1.82, 2.24) is 0 Å². The standard InChI is InChI=1S/C15H18O4/c1-9-11(10-5-3-2-4-6-10)7-8-12(14(16)17)13(9)15(18)19/h2-6,9,11-13H,7-8H2,1H3,(H,16,17)(H,18,19)/t9-,11-,12+,13+/m1/s1. The molecule has 1 aliphatic carbocycles. The molecule has 4 heteroatoms. The van der Waals surface area contributed by atoms with Crippen LogP contribution in [0.4, 0.5) is 0 Å². The first-order chi connectivity index (χ1) is 9.02. The van der Waals surface area contributed by atoms with Crippen molar-refractivity contribution in [3.05, 3.63) is 35.9 Å². The minimum atomic E-state index is -1.000. The fourth-order valence-electron chi connectivity index (χ4n) is 3.26. The molecule has 1 saturated carbocycles. The number of carboxylic acids is 2. The number of benzene rings is 1. The lowest BCUT2D eigenvalue weighted by molar-refractivity contribution is -0.158. The monoisotopic (exact) mass is 262 g/mol. The fourth-order valence-corrected chi connectivity index (χ4v) is 3.26. The van der Waals surface area contributed by atoms with E-state index in [9.17, 15) is 14.7 Å². The van der Waals surface area contributed by atoms with Gasteiger partial charge in [0.2, 0.25) is 0 Å². The molecule has 1 aliphatic rings. The molecule has 0 radical (unpaired) electrons. The average Bonchev–Trinajstić information content (AvgIpc) is 2.38. The molecule has 0 spiro atoms. The molecule has 19 heavy (non-hydrogen) atoms. The second-order valence-corrected chi connectivity index (χ2v) is 5.26. The molecule has 0 aromatic heterocycles. The van der Waals surface area contributed by atoms with Gasteiger partial charge in [0.05, 0.1) is 11.8 Å². The van der Waals surface area contributed by atoms with Crippen molar-refractivity contribution in [2.45, 2.75) is 25.7 Å². The Bertz CT molecular complexity index is 468. The van der Waals surface area contributed by atoms with E-state index in [0.717, 1.165) is 12.0 Å². The molecule has 0 aliphatic heterocycles. The molecule has 1 fully saturated rings. The first-order valence-corrected chi connectivity index (χ1v) is 6.53. The Morgan fingerprint density at radius 2 is 1.68 bits per heavy atom. The molecule has 0 unspecified atom stereocenters. The Morgan fingerprint density at radius 1 is 1.05 bits per heavy atom. The van der Waals surface area contributed by atoms with Crippen LogP contribution in [0, 0.1) is 17.8 Å². The normalized spacial score (nSPS) is 30.8. The predicted octanol–water partition coefficient (Wildman–Crippen LogP) is 2.60. The summed E-state index contributed by atoms with van der Waals surface area (Å²) < 4.78 is 0. The predicted molar refractivity (Wildman–Crippen MR) is 69.8 cm³/mol. The van der Waals surface area contributed by atoms with E-state index < -0.39 is 23.8 Å². The van der Waals surface area contributed by atoms with Crippen molar-refractivity contribution in [2.24, 2.45) is 17.8 Å². The highest BCUT2D eigenvalue weighted by Crippen LogP contribution is 2.44. The van der Waals surface area contributed by atoms with E-state index in [1.165, 1.54) is 0 Å². The van der Waals surface area contributed by atoms with Gasteiger partial charge in [0.1, 0.15) is 0 Å². The summed E-state index contributed by atoms with van der Waals surface area (Å²) in [6.45, 7) is 1.85. The average molecular weight is 262 g/mol. The van der Waals surface area contributed by atoms with Crippen LogP contribution in [0.3, 0.4) is 0 Å². The Balaban J connectivity index is 2.28. The van der Waals surface area contributed by atoms with Gasteiger partial charge in [-0.2, -0.15) is 0 Å². The van der Waals surface area contributed by atoms with Crippen LogP contribution in [0.25, 0.3) is 0 Å². The smallest absolute Gasteiger partial charge is 0.307 e. The maximum absolute atomic E-state index is 11.4. The summed E-state index contributed by atoms with van der Waals surface area (Å²) in [5.41, 5.74) is 1.10. The maximum Gasteiger partial charge on any atom is 0.307 e. The highest BCUT2D eigenvalue weighted by molar-refractivity contribution is 5.80. The zero-order valence-corrected chi connectivity index (χ0v) is 10.8. The van der Waals surface area contributed by atoms with Crippen LogP contribution in [-0.2, 0) is 9.59 Å². The third-order valence-corrected chi connectivity index (χ3v) is 4.25. The molecule has 0 saturated heterocycles. The number of rotatable bonds is 3. The van der Waals surface area contributed by atoms with Crippen LogP contribution >= 0.6 is 0 Å². The first-order valence-electron chi connectivity index (χ1n) is 6.53. The summed E-state index contributed by atoms with van der Waals surface area (Å²) >= 11 is 0. The van der Waals surface area contributed by atoms with Crippen LogP contribution in [-0.4, -0.2) is 22.2 Å². The minimum absolute atomic E-state index is 0.123. The highest BCUT2D eigenvalue weighted by Gasteiger charge is 2.44. The van der Waals surface area contributed by atoms with E-state index >= 15 is 0 Å². The van der Waals surface area contributed by atoms with Gasteiger partial charge in [0, 0.05) is 0 Å². The van der Waals surface area contributed by atoms with Crippen LogP contribution in [0.2, 0.25) is 0 Å². The summed E-state index contributed by atoms with van der Waals surface area (Å²) in [4.78, 5) is 22.6. The van der Waals surface area contributed by atoms with Crippen LogP contribution in [0.15, 0.2) is 30.3 Å². The fraction of sp³-hybridized carbons (Fsp3) is 0.467. The minimum Gasteiger partial charge on any atom is -0.481 e. The molecular weight excluding hydrogens is 244 g/mol.